The first-order chi connectivity index (χ1) is 15.1. The zero-order valence-electron chi connectivity index (χ0n) is 16.2. The summed E-state index contributed by atoms with van der Waals surface area (Å²) in [5.74, 6) is -1.25. The van der Waals surface area contributed by atoms with Crippen molar-refractivity contribution in [2.45, 2.75) is 12.8 Å². The van der Waals surface area contributed by atoms with E-state index in [1.807, 2.05) is 0 Å². The van der Waals surface area contributed by atoms with Crippen molar-refractivity contribution in [3.05, 3.63) is 101 Å². The van der Waals surface area contributed by atoms with Crippen molar-refractivity contribution in [1.82, 2.24) is 0 Å². The number of rotatable bonds is 7. The predicted molar refractivity (Wildman–Crippen MR) is 110 cm³/mol. The summed E-state index contributed by atoms with van der Waals surface area (Å²) in [5.41, 5.74) is -0.841. The molecule has 0 heterocycles. The van der Waals surface area contributed by atoms with Crippen LogP contribution in [-0.2, 0) is 12.8 Å². The number of nitro benzene ring substituents is 3. The Hall–Kier alpha value is -4.74. The highest BCUT2D eigenvalue weighted by molar-refractivity contribution is 5.57. The summed E-state index contributed by atoms with van der Waals surface area (Å²) in [5, 5.41) is 63.8. The molecule has 0 amide bonds. The summed E-state index contributed by atoms with van der Waals surface area (Å²) in [7, 11) is 0. The van der Waals surface area contributed by atoms with Crippen molar-refractivity contribution in [2.24, 2.45) is 0 Å². The molecule has 3 aromatic carbocycles. The summed E-state index contributed by atoms with van der Waals surface area (Å²) in [6.45, 7) is 0. The topological polar surface area (TPSA) is 190 Å². The molecule has 0 aromatic heterocycles. The fourth-order valence-corrected chi connectivity index (χ4v) is 3.20. The van der Waals surface area contributed by atoms with Gasteiger partial charge in [-0.25, -0.2) is 0 Å². The molecule has 0 aliphatic rings. The minimum Gasteiger partial charge on any atom is -0.508 e. The van der Waals surface area contributed by atoms with E-state index in [-0.39, 0.29) is 58.0 Å². The second-order valence-corrected chi connectivity index (χ2v) is 6.87. The standard InChI is InChI=1S/C20H15N3O9/c24-18-3-1-15(21(27)28)9-12(18)5-11-6-14(20(26)17(7-11)23(31)32)8-13-10-16(22(29)30)2-4-19(13)25/h1-4,6-7,9-10,24-26H,5,8H2. The lowest BCUT2D eigenvalue weighted by Gasteiger charge is -2.11. The second-order valence-electron chi connectivity index (χ2n) is 6.87. The van der Waals surface area contributed by atoms with Crippen molar-refractivity contribution in [1.29, 1.82) is 0 Å². The van der Waals surface area contributed by atoms with E-state index in [0.29, 0.717) is 0 Å². The second kappa shape index (κ2) is 8.55. The molecule has 3 rings (SSSR count). The van der Waals surface area contributed by atoms with Crippen molar-refractivity contribution >= 4 is 17.1 Å². The third kappa shape index (κ3) is 4.53. The van der Waals surface area contributed by atoms with E-state index in [0.717, 1.165) is 42.5 Å². The van der Waals surface area contributed by atoms with E-state index in [2.05, 4.69) is 0 Å². The SMILES string of the molecule is O=[N+]([O-])c1ccc(O)c(Cc2cc(Cc3cc([N+](=O)[O-])ccc3O)c(O)c([N+](=O)[O-])c2)c1. The molecule has 0 spiro atoms. The Morgan fingerprint density at radius 2 is 1.12 bits per heavy atom. The maximum atomic E-state index is 11.4. The van der Waals surface area contributed by atoms with Crippen molar-refractivity contribution < 1.29 is 30.1 Å². The average Bonchev–Trinajstić information content (AvgIpc) is 2.72. The summed E-state index contributed by atoms with van der Waals surface area (Å²) in [6.07, 6.45) is -0.405. The number of non-ortho nitro benzene ring substituents is 2. The van der Waals surface area contributed by atoms with Gasteiger partial charge in [-0.15, -0.1) is 0 Å². The lowest BCUT2D eigenvalue weighted by atomic mass is 9.96. The van der Waals surface area contributed by atoms with E-state index in [4.69, 9.17) is 0 Å². The van der Waals surface area contributed by atoms with Crippen LogP contribution in [0, 0.1) is 30.3 Å². The Morgan fingerprint density at radius 1 is 0.625 bits per heavy atom. The van der Waals surface area contributed by atoms with Crippen LogP contribution in [0.5, 0.6) is 17.2 Å². The molecular weight excluding hydrogens is 426 g/mol. The van der Waals surface area contributed by atoms with Crippen LogP contribution < -0.4 is 0 Å². The van der Waals surface area contributed by atoms with Crippen LogP contribution in [0.15, 0.2) is 48.5 Å². The third-order valence-electron chi connectivity index (χ3n) is 4.75. The van der Waals surface area contributed by atoms with Gasteiger partial charge in [-0.1, -0.05) is 6.07 Å². The van der Waals surface area contributed by atoms with Gasteiger partial charge in [0, 0.05) is 59.9 Å². The largest absolute Gasteiger partial charge is 0.508 e. The average molecular weight is 441 g/mol. The van der Waals surface area contributed by atoms with Gasteiger partial charge < -0.3 is 15.3 Å². The number of benzene rings is 3. The Balaban J connectivity index is 2.07. The van der Waals surface area contributed by atoms with Crippen LogP contribution in [-0.4, -0.2) is 30.1 Å². The van der Waals surface area contributed by atoms with Crippen LogP contribution in [0.25, 0.3) is 0 Å². The van der Waals surface area contributed by atoms with E-state index >= 15 is 0 Å². The van der Waals surface area contributed by atoms with Gasteiger partial charge in [0.2, 0.25) is 0 Å². The smallest absolute Gasteiger partial charge is 0.311 e. The van der Waals surface area contributed by atoms with Gasteiger partial charge in [-0.3, -0.25) is 30.3 Å². The van der Waals surface area contributed by atoms with Gasteiger partial charge in [0.1, 0.15) is 11.5 Å². The number of aromatic hydroxyl groups is 3. The van der Waals surface area contributed by atoms with Gasteiger partial charge in [0.05, 0.1) is 14.8 Å². The van der Waals surface area contributed by atoms with Crippen molar-refractivity contribution in [2.75, 3.05) is 0 Å². The molecule has 0 saturated carbocycles. The summed E-state index contributed by atoms with van der Waals surface area (Å²) < 4.78 is 0. The quantitative estimate of drug-likeness (QED) is 0.362. The zero-order chi connectivity index (χ0) is 23.6. The van der Waals surface area contributed by atoms with Gasteiger partial charge in [-0.05, 0) is 17.7 Å². The van der Waals surface area contributed by atoms with Crippen LogP contribution in [0.4, 0.5) is 17.1 Å². The highest BCUT2D eigenvalue weighted by atomic mass is 16.6. The van der Waals surface area contributed by atoms with Crippen molar-refractivity contribution in [3.8, 4) is 17.2 Å². The van der Waals surface area contributed by atoms with Crippen molar-refractivity contribution in [3.63, 3.8) is 0 Å². The van der Waals surface area contributed by atoms with Gasteiger partial charge in [0.25, 0.3) is 11.4 Å². The number of nitrogens with zero attached hydrogens (tertiary/aromatic N) is 3. The minimum absolute atomic E-state index is 0.00471. The first-order valence-electron chi connectivity index (χ1n) is 8.98. The fourth-order valence-electron chi connectivity index (χ4n) is 3.20. The predicted octanol–water partition coefficient (Wildman–Crippen LogP) is 3.71. The molecule has 0 aliphatic heterocycles. The fraction of sp³-hybridized carbons (Fsp3) is 0.100. The van der Waals surface area contributed by atoms with E-state index in [1.165, 1.54) is 6.07 Å². The lowest BCUT2D eigenvalue weighted by molar-refractivity contribution is -0.386. The summed E-state index contributed by atoms with van der Waals surface area (Å²) in [6, 6.07) is 9.05. The number of hydrogen-bond acceptors (Lipinski definition) is 9. The maximum absolute atomic E-state index is 11.4. The molecule has 0 saturated heterocycles. The molecule has 0 fully saturated rings. The maximum Gasteiger partial charge on any atom is 0.311 e. The molecular formula is C20H15N3O9. The Kier molecular flexibility index (Phi) is 5.87. The number of hydrogen-bond donors (Lipinski definition) is 3. The first-order valence-corrected chi connectivity index (χ1v) is 8.98. The Bertz CT molecular complexity index is 1260. The summed E-state index contributed by atoms with van der Waals surface area (Å²) >= 11 is 0. The molecule has 0 unspecified atom stereocenters. The molecule has 164 valence electrons. The molecule has 0 bridgehead atoms. The van der Waals surface area contributed by atoms with E-state index in [1.54, 1.807) is 0 Å². The van der Waals surface area contributed by atoms with Crippen LogP contribution >= 0.6 is 0 Å². The normalized spacial score (nSPS) is 10.6. The Morgan fingerprint density at radius 3 is 1.59 bits per heavy atom. The Labute approximate surface area is 179 Å². The first kappa shape index (κ1) is 22.0. The van der Waals surface area contributed by atoms with Gasteiger partial charge in [0.15, 0.2) is 5.75 Å². The number of phenolic OH excluding ortho intramolecular Hbond substituents is 3. The number of phenols is 3. The van der Waals surface area contributed by atoms with Crippen LogP contribution in [0.1, 0.15) is 22.3 Å². The molecule has 12 heteroatoms. The zero-order valence-corrected chi connectivity index (χ0v) is 16.2. The highest BCUT2D eigenvalue weighted by Crippen LogP contribution is 2.36. The molecule has 0 radical (unpaired) electrons. The molecule has 0 aliphatic carbocycles. The molecule has 0 atom stereocenters. The van der Waals surface area contributed by atoms with Gasteiger partial charge in [-0.2, -0.15) is 0 Å². The molecule has 3 N–H and O–H groups in total. The molecule has 3 aromatic rings. The van der Waals surface area contributed by atoms with E-state index in [9.17, 15) is 45.7 Å². The molecule has 12 nitrogen and oxygen atoms in total. The third-order valence-corrected chi connectivity index (χ3v) is 4.75. The van der Waals surface area contributed by atoms with Crippen LogP contribution in [0.2, 0.25) is 0 Å². The summed E-state index contributed by atoms with van der Waals surface area (Å²) in [4.78, 5) is 31.3. The monoisotopic (exact) mass is 441 g/mol. The lowest BCUT2D eigenvalue weighted by Crippen LogP contribution is -2.00. The van der Waals surface area contributed by atoms with E-state index < -0.39 is 26.2 Å². The number of nitro groups is 3. The van der Waals surface area contributed by atoms with Crippen LogP contribution in [0.3, 0.4) is 0 Å². The molecule has 32 heavy (non-hydrogen) atoms. The minimum atomic E-state index is -0.830. The van der Waals surface area contributed by atoms with Gasteiger partial charge >= 0.3 is 5.69 Å². The highest BCUT2D eigenvalue weighted by Gasteiger charge is 2.22.